The van der Waals surface area contributed by atoms with Crippen LogP contribution in [0.1, 0.15) is 39.2 Å². The van der Waals surface area contributed by atoms with Crippen molar-refractivity contribution in [3.05, 3.63) is 59.4 Å². The van der Waals surface area contributed by atoms with E-state index in [1.807, 2.05) is 26.1 Å². The third-order valence-corrected chi connectivity index (χ3v) is 3.77. The molecule has 0 bridgehead atoms. The van der Waals surface area contributed by atoms with E-state index in [1.165, 1.54) is 17.3 Å². The van der Waals surface area contributed by atoms with Crippen molar-refractivity contribution < 1.29 is 9.59 Å². The Morgan fingerprint density at radius 3 is 2.33 bits per heavy atom. The average molecular weight is 281 g/mol. The molecule has 5 nitrogen and oxygen atoms in total. The average Bonchev–Trinajstić information content (AvgIpc) is 2.79. The zero-order valence-electron chi connectivity index (χ0n) is 11.8. The first-order chi connectivity index (χ1) is 10.1. The van der Waals surface area contributed by atoms with Crippen molar-refractivity contribution in [2.24, 2.45) is 0 Å². The fraction of sp³-hybridized carbons (Fsp3) is 0.188. The minimum atomic E-state index is -0.322. The smallest absolute Gasteiger partial charge is 0.267 e. The fourth-order valence-electron chi connectivity index (χ4n) is 2.40. The van der Waals surface area contributed by atoms with Gasteiger partial charge in [0.15, 0.2) is 0 Å². The summed E-state index contributed by atoms with van der Waals surface area (Å²) in [5, 5.41) is 3.15. The minimum absolute atomic E-state index is 0.213. The number of carbonyl (C=O) groups is 2. The van der Waals surface area contributed by atoms with Gasteiger partial charge < -0.3 is 5.32 Å². The highest BCUT2D eigenvalue weighted by Gasteiger charge is 2.36. The number of benzene rings is 1. The van der Waals surface area contributed by atoms with Crippen LogP contribution in [-0.2, 0) is 0 Å². The third-order valence-electron chi connectivity index (χ3n) is 3.77. The minimum Gasteiger partial charge on any atom is -0.313 e. The second-order valence-electron chi connectivity index (χ2n) is 4.97. The molecule has 1 N–H and O–H groups in total. The van der Waals surface area contributed by atoms with Crippen LogP contribution in [0, 0.1) is 0 Å². The highest BCUT2D eigenvalue weighted by molar-refractivity contribution is 6.34. The van der Waals surface area contributed by atoms with E-state index in [0.717, 1.165) is 5.56 Å². The van der Waals surface area contributed by atoms with Gasteiger partial charge in [0.25, 0.3) is 11.8 Å². The molecule has 5 heteroatoms. The van der Waals surface area contributed by atoms with Crippen molar-refractivity contribution in [1.82, 2.24) is 10.3 Å². The van der Waals surface area contributed by atoms with Gasteiger partial charge in [-0.15, -0.1) is 0 Å². The predicted octanol–water partition coefficient (Wildman–Crippen LogP) is 2.16. The van der Waals surface area contributed by atoms with Gasteiger partial charge in [0.1, 0.15) is 0 Å². The summed E-state index contributed by atoms with van der Waals surface area (Å²) in [6, 6.07) is 9.20. The van der Waals surface area contributed by atoms with Crippen LogP contribution in [0.15, 0.2) is 42.7 Å². The number of hydrogen-bond donors (Lipinski definition) is 1. The number of amides is 2. The van der Waals surface area contributed by atoms with Gasteiger partial charge in [-0.3, -0.25) is 14.6 Å². The molecule has 0 radical (unpaired) electrons. The highest BCUT2D eigenvalue weighted by atomic mass is 16.2. The van der Waals surface area contributed by atoms with E-state index in [0.29, 0.717) is 16.8 Å². The van der Waals surface area contributed by atoms with Crippen molar-refractivity contribution >= 4 is 17.5 Å². The maximum Gasteiger partial charge on any atom is 0.267 e. The topological polar surface area (TPSA) is 62.3 Å². The molecular weight excluding hydrogens is 266 g/mol. The number of hydrogen-bond acceptors (Lipinski definition) is 4. The van der Waals surface area contributed by atoms with Gasteiger partial charge in [-0.1, -0.05) is 12.1 Å². The van der Waals surface area contributed by atoms with Gasteiger partial charge in [0.2, 0.25) is 0 Å². The highest BCUT2D eigenvalue weighted by Crippen LogP contribution is 2.28. The Labute approximate surface area is 122 Å². The van der Waals surface area contributed by atoms with Crippen molar-refractivity contribution in [3.63, 3.8) is 0 Å². The number of rotatable bonds is 3. The molecule has 2 heterocycles. The first-order valence-electron chi connectivity index (χ1n) is 6.73. The third kappa shape index (κ3) is 2.11. The van der Waals surface area contributed by atoms with E-state index < -0.39 is 0 Å². The summed E-state index contributed by atoms with van der Waals surface area (Å²) in [6.45, 7) is 2.04. The van der Waals surface area contributed by atoms with Gasteiger partial charge >= 0.3 is 0 Å². The molecule has 1 aliphatic heterocycles. The lowest BCUT2D eigenvalue weighted by Gasteiger charge is -2.16. The zero-order chi connectivity index (χ0) is 15.0. The van der Waals surface area contributed by atoms with Crippen molar-refractivity contribution in [3.8, 4) is 0 Å². The normalized spacial score (nSPS) is 15.2. The number of fused-ring (bicyclic) bond motifs is 1. The van der Waals surface area contributed by atoms with E-state index in [4.69, 9.17) is 0 Å². The molecule has 1 aromatic carbocycles. The summed E-state index contributed by atoms with van der Waals surface area (Å²) in [5.74, 6) is -0.621. The lowest BCUT2D eigenvalue weighted by Crippen LogP contribution is -2.29. The molecule has 0 spiro atoms. The molecule has 0 aliphatic carbocycles. The molecule has 1 aromatic heterocycles. The van der Waals surface area contributed by atoms with Gasteiger partial charge in [-0.05, 0) is 37.7 Å². The first kappa shape index (κ1) is 13.5. The SMILES string of the molecule is CNC(C)c1ccc(N2C(=O)c3ccncc3C2=O)cc1. The summed E-state index contributed by atoms with van der Waals surface area (Å²) in [7, 11) is 1.88. The Balaban J connectivity index is 1.96. The molecule has 21 heavy (non-hydrogen) atoms. The van der Waals surface area contributed by atoms with Crippen LogP contribution >= 0.6 is 0 Å². The molecule has 0 saturated carbocycles. The Morgan fingerprint density at radius 2 is 1.71 bits per heavy atom. The molecule has 3 rings (SSSR count). The largest absolute Gasteiger partial charge is 0.313 e. The number of imide groups is 1. The summed E-state index contributed by atoms with van der Waals surface area (Å²) in [6.07, 6.45) is 2.96. The van der Waals surface area contributed by atoms with E-state index >= 15 is 0 Å². The van der Waals surface area contributed by atoms with Crippen LogP contribution in [0.3, 0.4) is 0 Å². The van der Waals surface area contributed by atoms with Crippen LogP contribution in [0.5, 0.6) is 0 Å². The number of nitrogens with one attached hydrogen (secondary N) is 1. The molecule has 106 valence electrons. The van der Waals surface area contributed by atoms with E-state index in [2.05, 4.69) is 10.3 Å². The molecule has 0 fully saturated rings. The maximum absolute atomic E-state index is 12.3. The summed E-state index contributed by atoms with van der Waals surface area (Å²) in [4.78, 5) is 29.8. The zero-order valence-corrected chi connectivity index (χ0v) is 11.8. The molecule has 1 aliphatic rings. The van der Waals surface area contributed by atoms with Gasteiger partial charge in [-0.2, -0.15) is 0 Å². The van der Waals surface area contributed by atoms with Crippen LogP contribution in [0.2, 0.25) is 0 Å². The lowest BCUT2D eigenvalue weighted by molar-refractivity contribution is 0.0926. The lowest BCUT2D eigenvalue weighted by atomic mass is 10.1. The number of nitrogens with zero attached hydrogens (tertiary/aromatic N) is 2. The van der Waals surface area contributed by atoms with E-state index in [9.17, 15) is 9.59 Å². The van der Waals surface area contributed by atoms with Crippen molar-refractivity contribution in [2.45, 2.75) is 13.0 Å². The van der Waals surface area contributed by atoms with Crippen LogP contribution in [0.25, 0.3) is 0 Å². The van der Waals surface area contributed by atoms with Crippen LogP contribution < -0.4 is 10.2 Å². The maximum atomic E-state index is 12.3. The molecule has 2 aromatic rings. The number of anilines is 1. The van der Waals surface area contributed by atoms with Gasteiger partial charge in [0, 0.05) is 18.4 Å². The Bertz CT molecular complexity index is 675. The van der Waals surface area contributed by atoms with E-state index in [1.54, 1.807) is 18.2 Å². The predicted molar refractivity (Wildman–Crippen MR) is 79.3 cm³/mol. The summed E-state index contributed by atoms with van der Waals surface area (Å²) >= 11 is 0. The molecule has 1 atom stereocenters. The monoisotopic (exact) mass is 281 g/mol. The molecule has 2 amide bonds. The number of pyridine rings is 1. The first-order valence-corrected chi connectivity index (χ1v) is 6.73. The van der Waals surface area contributed by atoms with Gasteiger partial charge in [-0.25, -0.2) is 4.90 Å². The fourth-order valence-corrected chi connectivity index (χ4v) is 2.40. The van der Waals surface area contributed by atoms with E-state index in [-0.39, 0.29) is 17.9 Å². The van der Waals surface area contributed by atoms with Crippen molar-refractivity contribution in [2.75, 3.05) is 11.9 Å². The molecule has 1 unspecified atom stereocenters. The number of carbonyl (C=O) groups excluding carboxylic acids is 2. The van der Waals surface area contributed by atoms with Crippen molar-refractivity contribution in [1.29, 1.82) is 0 Å². The van der Waals surface area contributed by atoms with Crippen LogP contribution in [0.4, 0.5) is 5.69 Å². The quantitative estimate of drug-likeness (QED) is 0.876. The summed E-state index contributed by atoms with van der Waals surface area (Å²) < 4.78 is 0. The Hall–Kier alpha value is -2.53. The standard InChI is InChI=1S/C16H15N3O2/c1-10(17-2)11-3-5-12(6-4-11)19-15(20)13-7-8-18-9-14(13)16(19)21/h3-10,17H,1-2H3. The molecule has 0 saturated heterocycles. The van der Waals surface area contributed by atoms with Gasteiger partial charge in [0.05, 0.1) is 16.8 Å². The second-order valence-corrected chi connectivity index (χ2v) is 4.97. The Morgan fingerprint density at radius 1 is 1.05 bits per heavy atom. The Kier molecular flexibility index (Phi) is 3.27. The van der Waals surface area contributed by atoms with Crippen LogP contribution in [-0.4, -0.2) is 23.8 Å². The molecular formula is C16H15N3O2. The summed E-state index contributed by atoms with van der Waals surface area (Å²) in [5.41, 5.74) is 2.44. The number of aromatic nitrogens is 1. The second kappa shape index (κ2) is 5.10.